The molecule has 0 N–H and O–H groups in total. The van der Waals surface area contributed by atoms with Gasteiger partial charge in [-0.25, -0.2) is 4.79 Å². The van der Waals surface area contributed by atoms with Gasteiger partial charge in [0.2, 0.25) is 6.79 Å². The Kier molecular flexibility index (Phi) is 15.2. The van der Waals surface area contributed by atoms with E-state index >= 15 is 0 Å². The van der Waals surface area contributed by atoms with Crippen LogP contribution in [-0.4, -0.2) is 31.8 Å². The minimum absolute atomic E-state index is 0.127. The highest BCUT2D eigenvalue weighted by Gasteiger charge is 2.19. The molecule has 5 rings (SSSR count). The van der Waals surface area contributed by atoms with Crippen LogP contribution >= 0.6 is 0 Å². The topological polar surface area (TPSA) is 71.1 Å². The fourth-order valence-electron chi connectivity index (χ4n) is 6.54. The van der Waals surface area contributed by atoms with Gasteiger partial charge in [0.05, 0.1) is 13.2 Å². The Balaban J connectivity index is 0.986. The molecule has 0 fully saturated rings. The van der Waals surface area contributed by atoms with Crippen molar-refractivity contribution in [1.82, 2.24) is 0 Å². The van der Waals surface area contributed by atoms with Crippen molar-refractivity contribution >= 4 is 11.8 Å². The van der Waals surface area contributed by atoms with Crippen LogP contribution < -0.4 is 14.2 Å². The summed E-state index contributed by atoms with van der Waals surface area (Å²) in [6.07, 6.45) is 15.5. The fraction of sp³-hybridized carbons (Fsp3) is 0.348. The summed E-state index contributed by atoms with van der Waals surface area (Å²) in [5.41, 5.74) is 9.21. The first-order valence-electron chi connectivity index (χ1n) is 18.8. The third-order valence-electron chi connectivity index (χ3n) is 9.46. The average Bonchev–Trinajstić information content (AvgIpc) is 3.53. The van der Waals surface area contributed by atoms with Crippen LogP contribution in [0.15, 0.2) is 110 Å². The molecular formula is C46H52O6. The van der Waals surface area contributed by atoms with E-state index in [1.54, 1.807) is 0 Å². The second-order valence-electron chi connectivity index (χ2n) is 13.4. The first-order valence-corrected chi connectivity index (χ1v) is 18.8. The van der Waals surface area contributed by atoms with Crippen LogP contribution in [0.5, 0.6) is 17.2 Å². The van der Waals surface area contributed by atoms with Gasteiger partial charge in [-0.15, -0.1) is 0 Å². The minimum atomic E-state index is -0.343. The second kappa shape index (κ2) is 20.7. The number of ether oxygens (including phenoxy) is 4. The van der Waals surface area contributed by atoms with E-state index in [-0.39, 0.29) is 18.5 Å². The molecule has 0 radical (unpaired) electrons. The van der Waals surface area contributed by atoms with Crippen molar-refractivity contribution in [2.24, 2.45) is 0 Å². The number of carbonyl (C=O) groups is 2. The number of hydrogen-bond donors (Lipinski definition) is 0. The van der Waals surface area contributed by atoms with Gasteiger partial charge in [0.15, 0.2) is 5.78 Å². The van der Waals surface area contributed by atoms with Crippen molar-refractivity contribution in [1.29, 1.82) is 0 Å². The van der Waals surface area contributed by atoms with Gasteiger partial charge >= 0.3 is 5.97 Å². The summed E-state index contributed by atoms with van der Waals surface area (Å²) in [6, 6.07) is 29.8. The van der Waals surface area contributed by atoms with Crippen molar-refractivity contribution in [3.05, 3.63) is 138 Å². The molecule has 6 heteroatoms. The molecule has 0 saturated heterocycles. The molecule has 272 valence electrons. The Hall–Kier alpha value is -5.10. The Labute approximate surface area is 309 Å². The van der Waals surface area contributed by atoms with E-state index in [1.165, 1.54) is 51.1 Å². The van der Waals surface area contributed by atoms with Gasteiger partial charge in [0.25, 0.3) is 0 Å². The molecule has 0 heterocycles. The van der Waals surface area contributed by atoms with E-state index < -0.39 is 0 Å². The Morgan fingerprint density at radius 3 is 1.88 bits per heavy atom. The summed E-state index contributed by atoms with van der Waals surface area (Å²) < 4.78 is 22.7. The van der Waals surface area contributed by atoms with Crippen LogP contribution in [-0.2, 0) is 33.6 Å². The Morgan fingerprint density at radius 1 is 0.558 bits per heavy atom. The number of ketones is 1. The molecule has 52 heavy (non-hydrogen) atoms. The van der Waals surface area contributed by atoms with Crippen LogP contribution in [0.3, 0.4) is 0 Å². The molecule has 6 nitrogen and oxygen atoms in total. The summed E-state index contributed by atoms with van der Waals surface area (Å²) in [4.78, 5) is 22.4. The van der Waals surface area contributed by atoms with E-state index in [2.05, 4.69) is 67.8 Å². The van der Waals surface area contributed by atoms with Gasteiger partial charge in [-0.1, -0.05) is 93.8 Å². The molecule has 0 atom stereocenters. The van der Waals surface area contributed by atoms with Gasteiger partial charge in [0.1, 0.15) is 17.2 Å². The number of benzene rings is 4. The van der Waals surface area contributed by atoms with Crippen LogP contribution in [0.25, 0.3) is 11.1 Å². The number of unbranched alkanes of at least 4 members (excludes halogenated alkanes) is 7. The van der Waals surface area contributed by atoms with E-state index in [0.29, 0.717) is 19.6 Å². The van der Waals surface area contributed by atoms with Gasteiger partial charge < -0.3 is 18.9 Å². The number of aryl methyl sites for hydroxylation is 1. The van der Waals surface area contributed by atoms with E-state index in [0.717, 1.165) is 94.3 Å². The molecule has 0 saturated carbocycles. The highest BCUT2D eigenvalue weighted by Crippen LogP contribution is 2.39. The molecule has 0 amide bonds. The van der Waals surface area contributed by atoms with E-state index in [1.807, 2.05) is 30.3 Å². The summed E-state index contributed by atoms with van der Waals surface area (Å²) in [5.74, 6) is 2.14. The predicted molar refractivity (Wildman–Crippen MR) is 208 cm³/mol. The SMILES string of the molecule is C=CC(=O)CCCCCCCOc1ccc(OCOc2ccc3c(c2)Cc2cc(Cc4ccc(CCCCCCOC(=O)C=C)cc4)ccc2-3)cc1. The zero-order valence-electron chi connectivity index (χ0n) is 30.4. The summed E-state index contributed by atoms with van der Waals surface area (Å²) >= 11 is 0. The lowest BCUT2D eigenvalue weighted by Gasteiger charge is -2.11. The van der Waals surface area contributed by atoms with E-state index in [4.69, 9.17) is 18.9 Å². The third-order valence-corrected chi connectivity index (χ3v) is 9.46. The highest BCUT2D eigenvalue weighted by atomic mass is 16.7. The lowest BCUT2D eigenvalue weighted by molar-refractivity contribution is -0.137. The van der Waals surface area contributed by atoms with Gasteiger partial charge in [-0.2, -0.15) is 0 Å². The summed E-state index contributed by atoms with van der Waals surface area (Å²) in [6.45, 7) is 8.21. The quantitative estimate of drug-likeness (QED) is 0.0276. The van der Waals surface area contributed by atoms with Crippen LogP contribution in [0.1, 0.15) is 92.0 Å². The number of allylic oxidation sites excluding steroid dienone is 1. The fourth-order valence-corrected chi connectivity index (χ4v) is 6.54. The molecule has 0 spiro atoms. The standard InChI is InChI=1S/C46H52O6/c1-3-40(47)15-11-6-5-8-12-28-49-41-21-23-42(24-22-41)51-34-52-43-25-27-45-39(33-43)32-38-31-37(20-26-44(38)45)30-36-18-16-35(17-19-36)14-10-7-9-13-29-50-46(48)4-2/h3-4,16-27,31,33H,1-2,5-15,28-30,32,34H2. The number of rotatable bonds is 24. The normalized spacial score (nSPS) is 11.3. The largest absolute Gasteiger partial charge is 0.494 e. The molecule has 0 aliphatic heterocycles. The van der Waals surface area contributed by atoms with Crippen molar-refractivity contribution in [3.8, 4) is 28.4 Å². The van der Waals surface area contributed by atoms with Gasteiger partial charge in [-0.05, 0) is 126 Å². The minimum Gasteiger partial charge on any atom is -0.494 e. The number of fused-ring (bicyclic) bond motifs is 3. The van der Waals surface area contributed by atoms with Crippen LogP contribution in [0, 0.1) is 0 Å². The van der Waals surface area contributed by atoms with Crippen molar-refractivity contribution in [3.63, 3.8) is 0 Å². The first kappa shape index (κ1) is 38.1. The number of esters is 1. The molecule has 0 unspecified atom stereocenters. The van der Waals surface area contributed by atoms with Gasteiger partial charge in [0, 0.05) is 12.5 Å². The third kappa shape index (κ3) is 12.3. The molecule has 0 bridgehead atoms. The highest BCUT2D eigenvalue weighted by molar-refractivity contribution is 5.88. The molecule has 4 aromatic carbocycles. The average molecular weight is 701 g/mol. The lowest BCUT2D eigenvalue weighted by Crippen LogP contribution is -2.06. The predicted octanol–water partition coefficient (Wildman–Crippen LogP) is 10.6. The maximum atomic E-state index is 11.3. The monoisotopic (exact) mass is 700 g/mol. The number of hydrogen-bond acceptors (Lipinski definition) is 6. The first-order chi connectivity index (χ1) is 25.5. The number of carbonyl (C=O) groups excluding carboxylic acids is 2. The zero-order chi connectivity index (χ0) is 36.4. The lowest BCUT2D eigenvalue weighted by atomic mass is 9.98. The van der Waals surface area contributed by atoms with Crippen molar-refractivity contribution < 1.29 is 28.5 Å². The summed E-state index contributed by atoms with van der Waals surface area (Å²) in [7, 11) is 0. The van der Waals surface area contributed by atoms with Crippen molar-refractivity contribution in [2.45, 2.75) is 83.5 Å². The van der Waals surface area contributed by atoms with Crippen molar-refractivity contribution in [2.75, 3.05) is 20.0 Å². The molecule has 0 aromatic heterocycles. The van der Waals surface area contributed by atoms with E-state index in [9.17, 15) is 9.59 Å². The van der Waals surface area contributed by atoms with Crippen LogP contribution in [0.4, 0.5) is 0 Å². The second-order valence-corrected chi connectivity index (χ2v) is 13.4. The molecular weight excluding hydrogens is 649 g/mol. The molecule has 1 aliphatic rings. The molecule has 1 aliphatic carbocycles. The summed E-state index contributed by atoms with van der Waals surface area (Å²) in [5, 5.41) is 0. The Morgan fingerprint density at radius 2 is 1.13 bits per heavy atom. The molecule has 4 aromatic rings. The maximum Gasteiger partial charge on any atom is 0.330 e. The Bertz CT molecular complexity index is 1760. The van der Waals surface area contributed by atoms with Crippen LogP contribution in [0.2, 0.25) is 0 Å². The maximum absolute atomic E-state index is 11.3. The van der Waals surface area contributed by atoms with Gasteiger partial charge in [-0.3, -0.25) is 4.79 Å². The smallest absolute Gasteiger partial charge is 0.330 e. The zero-order valence-corrected chi connectivity index (χ0v) is 30.4.